The highest BCUT2D eigenvalue weighted by atomic mass is 32.1. The maximum Gasteiger partial charge on any atom is 0.234 e. The van der Waals surface area contributed by atoms with Crippen molar-refractivity contribution in [1.82, 2.24) is 15.3 Å². The third kappa shape index (κ3) is 5.18. The molecule has 7 nitrogen and oxygen atoms in total. The minimum absolute atomic E-state index is 0.437. The van der Waals surface area contributed by atoms with Gasteiger partial charge in [0, 0.05) is 32.3 Å². The van der Waals surface area contributed by atoms with E-state index in [1.54, 1.807) is 14.2 Å². The number of aromatic nitrogens is 2. The molecule has 1 fully saturated rings. The molecule has 2 rings (SSSR count). The largest absolute Gasteiger partial charge is 0.481 e. The first-order chi connectivity index (χ1) is 11.1. The van der Waals surface area contributed by atoms with E-state index in [2.05, 4.69) is 32.4 Å². The zero-order chi connectivity index (χ0) is 16.7. The van der Waals surface area contributed by atoms with Crippen molar-refractivity contribution in [1.29, 1.82) is 0 Å². The van der Waals surface area contributed by atoms with Crippen LogP contribution in [0.3, 0.4) is 0 Å². The standard InChI is InChI=1S/C15H25N5O2S/c1-11-6-4-5-8-20(11)12-10-13(22-3)18-14(17-12)19-15(23)16-7-9-21-2/h10-11H,4-9H2,1-3H3,(H2,16,17,18,19,23)/t11-/m0/s1. The third-order valence-electron chi connectivity index (χ3n) is 3.81. The monoisotopic (exact) mass is 339 g/mol. The first-order valence-corrected chi connectivity index (χ1v) is 8.28. The van der Waals surface area contributed by atoms with Gasteiger partial charge < -0.3 is 25.0 Å². The second-order valence-corrected chi connectivity index (χ2v) is 5.91. The third-order valence-corrected chi connectivity index (χ3v) is 4.06. The van der Waals surface area contributed by atoms with E-state index in [-0.39, 0.29) is 0 Å². The van der Waals surface area contributed by atoms with E-state index in [0.717, 1.165) is 12.4 Å². The van der Waals surface area contributed by atoms with Gasteiger partial charge >= 0.3 is 0 Å². The van der Waals surface area contributed by atoms with Gasteiger partial charge in [-0.3, -0.25) is 0 Å². The number of nitrogens with one attached hydrogen (secondary N) is 2. The summed E-state index contributed by atoms with van der Waals surface area (Å²) in [4.78, 5) is 11.2. The lowest BCUT2D eigenvalue weighted by Gasteiger charge is -2.34. The highest BCUT2D eigenvalue weighted by molar-refractivity contribution is 7.80. The Balaban J connectivity index is 2.10. The van der Waals surface area contributed by atoms with Crippen LogP contribution in [0.2, 0.25) is 0 Å². The molecule has 1 aromatic rings. The average molecular weight is 339 g/mol. The van der Waals surface area contributed by atoms with Gasteiger partial charge in [-0.2, -0.15) is 9.97 Å². The Hall–Kier alpha value is -1.67. The van der Waals surface area contributed by atoms with Crippen molar-refractivity contribution >= 4 is 29.1 Å². The number of rotatable bonds is 6. The molecule has 128 valence electrons. The summed E-state index contributed by atoms with van der Waals surface area (Å²) in [5.74, 6) is 1.83. The molecule has 0 aromatic carbocycles. The lowest BCUT2D eigenvalue weighted by Crippen LogP contribution is -2.38. The highest BCUT2D eigenvalue weighted by Crippen LogP contribution is 2.26. The maximum atomic E-state index is 5.30. The van der Waals surface area contributed by atoms with Gasteiger partial charge in [0.15, 0.2) is 5.11 Å². The number of piperidine rings is 1. The summed E-state index contributed by atoms with van der Waals surface area (Å²) in [5.41, 5.74) is 0. The summed E-state index contributed by atoms with van der Waals surface area (Å²) in [6.07, 6.45) is 3.61. The van der Waals surface area contributed by atoms with Gasteiger partial charge in [-0.25, -0.2) is 0 Å². The second kappa shape index (κ2) is 8.83. The van der Waals surface area contributed by atoms with Crippen molar-refractivity contribution in [2.75, 3.05) is 44.1 Å². The molecule has 1 atom stereocenters. The molecule has 1 saturated heterocycles. The molecule has 0 spiro atoms. The molecule has 0 saturated carbocycles. The summed E-state index contributed by atoms with van der Waals surface area (Å²) in [6, 6.07) is 2.33. The molecular formula is C15H25N5O2S. The summed E-state index contributed by atoms with van der Waals surface area (Å²) in [5, 5.41) is 6.51. The first kappa shape index (κ1) is 17.7. The zero-order valence-corrected chi connectivity index (χ0v) is 14.8. The fraction of sp³-hybridized carbons (Fsp3) is 0.667. The molecule has 0 radical (unpaired) electrons. The van der Waals surface area contributed by atoms with Gasteiger partial charge in [-0.05, 0) is 38.4 Å². The summed E-state index contributed by atoms with van der Waals surface area (Å²) >= 11 is 5.24. The first-order valence-electron chi connectivity index (χ1n) is 7.87. The SMILES string of the molecule is COCCNC(=S)Nc1nc(OC)cc(N2CCCC[C@@H]2C)n1. The van der Waals surface area contributed by atoms with Crippen molar-refractivity contribution in [3.8, 4) is 5.88 Å². The molecule has 1 aromatic heterocycles. The van der Waals surface area contributed by atoms with Crippen LogP contribution in [0.25, 0.3) is 0 Å². The van der Waals surface area contributed by atoms with E-state index in [1.165, 1.54) is 19.3 Å². The molecule has 0 bridgehead atoms. The van der Waals surface area contributed by atoms with Crippen molar-refractivity contribution in [3.05, 3.63) is 6.07 Å². The topological polar surface area (TPSA) is 71.5 Å². The number of ether oxygens (including phenoxy) is 2. The molecule has 2 N–H and O–H groups in total. The van der Waals surface area contributed by atoms with Crippen molar-refractivity contribution < 1.29 is 9.47 Å². The van der Waals surface area contributed by atoms with Crippen LogP contribution in [0.1, 0.15) is 26.2 Å². The second-order valence-electron chi connectivity index (χ2n) is 5.50. The van der Waals surface area contributed by atoms with Crippen LogP contribution in [0.4, 0.5) is 11.8 Å². The fourth-order valence-corrected chi connectivity index (χ4v) is 2.76. The normalized spacial score (nSPS) is 17.7. The minimum Gasteiger partial charge on any atom is -0.481 e. The van der Waals surface area contributed by atoms with Crippen LogP contribution >= 0.6 is 12.2 Å². The lowest BCUT2D eigenvalue weighted by molar-refractivity contribution is 0.204. The van der Waals surface area contributed by atoms with Gasteiger partial charge in [0.05, 0.1) is 13.7 Å². The van der Waals surface area contributed by atoms with Crippen molar-refractivity contribution in [3.63, 3.8) is 0 Å². The lowest BCUT2D eigenvalue weighted by atomic mass is 10.0. The van der Waals surface area contributed by atoms with Crippen LogP contribution in [0.15, 0.2) is 6.07 Å². The van der Waals surface area contributed by atoms with E-state index >= 15 is 0 Å². The van der Waals surface area contributed by atoms with Crippen LogP contribution < -0.4 is 20.3 Å². The summed E-state index contributed by atoms with van der Waals surface area (Å²) in [7, 11) is 3.25. The maximum absolute atomic E-state index is 5.30. The molecule has 1 aliphatic rings. The molecular weight excluding hydrogens is 314 g/mol. The van der Waals surface area contributed by atoms with E-state index in [0.29, 0.717) is 36.1 Å². The minimum atomic E-state index is 0.437. The van der Waals surface area contributed by atoms with Crippen LogP contribution in [0.5, 0.6) is 5.88 Å². The van der Waals surface area contributed by atoms with Gasteiger partial charge in [-0.15, -0.1) is 0 Å². The van der Waals surface area contributed by atoms with E-state index in [9.17, 15) is 0 Å². The Morgan fingerprint density at radius 3 is 2.91 bits per heavy atom. The van der Waals surface area contributed by atoms with Crippen LogP contribution in [-0.4, -0.2) is 55.0 Å². The smallest absolute Gasteiger partial charge is 0.234 e. The number of hydrogen-bond donors (Lipinski definition) is 2. The Bertz CT molecular complexity index is 529. The summed E-state index contributed by atoms with van der Waals surface area (Å²) in [6.45, 7) is 4.43. The number of hydrogen-bond acceptors (Lipinski definition) is 6. The van der Waals surface area contributed by atoms with Gasteiger partial charge in [0.1, 0.15) is 5.82 Å². The molecule has 0 unspecified atom stereocenters. The quantitative estimate of drug-likeness (QED) is 0.600. The number of anilines is 2. The van der Waals surface area contributed by atoms with Gasteiger partial charge in [-0.1, -0.05) is 0 Å². The van der Waals surface area contributed by atoms with E-state index in [1.807, 2.05) is 6.07 Å². The zero-order valence-electron chi connectivity index (χ0n) is 14.0. The predicted octanol–water partition coefficient (Wildman–Crippen LogP) is 1.80. The summed E-state index contributed by atoms with van der Waals surface area (Å²) < 4.78 is 10.3. The highest BCUT2D eigenvalue weighted by Gasteiger charge is 2.21. The Kier molecular flexibility index (Phi) is 6.79. The van der Waals surface area contributed by atoms with Crippen molar-refractivity contribution in [2.45, 2.75) is 32.2 Å². The number of nitrogens with zero attached hydrogens (tertiary/aromatic N) is 3. The van der Waals surface area contributed by atoms with Crippen LogP contribution in [0, 0.1) is 0 Å². The van der Waals surface area contributed by atoms with Crippen LogP contribution in [-0.2, 0) is 4.74 Å². The number of thiocarbonyl (C=S) groups is 1. The average Bonchev–Trinajstić information content (AvgIpc) is 2.55. The van der Waals surface area contributed by atoms with Gasteiger partial charge in [0.2, 0.25) is 11.8 Å². The Morgan fingerprint density at radius 1 is 1.39 bits per heavy atom. The Labute approximate surface area is 142 Å². The Morgan fingerprint density at radius 2 is 2.22 bits per heavy atom. The van der Waals surface area contributed by atoms with E-state index < -0.39 is 0 Å². The molecule has 23 heavy (non-hydrogen) atoms. The molecule has 0 aliphatic carbocycles. The molecule has 8 heteroatoms. The van der Waals surface area contributed by atoms with E-state index in [4.69, 9.17) is 21.7 Å². The molecule has 0 amide bonds. The predicted molar refractivity (Wildman–Crippen MR) is 95.3 cm³/mol. The van der Waals surface area contributed by atoms with Crippen molar-refractivity contribution in [2.24, 2.45) is 0 Å². The van der Waals surface area contributed by atoms with Gasteiger partial charge in [0.25, 0.3) is 0 Å². The molecule has 2 heterocycles. The fourth-order valence-electron chi connectivity index (χ4n) is 2.57. The number of methoxy groups -OCH3 is 2. The molecule has 1 aliphatic heterocycles.